The highest BCUT2D eigenvalue weighted by molar-refractivity contribution is 6.10. The first-order valence-electron chi connectivity index (χ1n) is 9.90. The van der Waals surface area contributed by atoms with Crippen LogP contribution in [0.25, 0.3) is 10.9 Å². The van der Waals surface area contributed by atoms with Crippen molar-refractivity contribution >= 4 is 22.6 Å². The van der Waals surface area contributed by atoms with Gasteiger partial charge >= 0.3 is 0 Å². The summed E-state index contributed by atoms with van der Waals surface area (Å²) < 4.78 is 5.20. The van der Waals surface area contributed by atoms with Crippen molar-refractivity contribution in [3.63, 3.8) is 0 Å². The number of nitrogens with zero attached hydrogens (tertiary/aromatic N) is 1. The summed E-state index contributed by atoms with van der Waals surface area (Å²) in [4.78, 5) is 31.1. The van der Waals surface area contributed by atoms with Gasteiger partial charge in [-0.1, -0.05) is 30.3 Å². The molecule has 2 aliphatic carbocycles. The lowest BCUT2D eigenvalue weighted by molar-refractivity contribution is 0.0806. The van der Waals surface area contributed by atoms with Gasteiger partial charge in [0.15, 0.2) is 5.78 Å². The predicted octanol–water partition coefficient (Wildman–Crippen LogP) is 3.81. The summed E-state index contributed by atoms with van der Waals surface area (Å²) >= 11 is 0. The van der Waals surface area contributed by atoms with E-state index in [4.69, 9.17) is 4.74 Å². The number of amides is 1. The van der Waals surface area contributed by atoms with Gasteiger partial charge in [0.25, 0.3) is 5.91 Å². The van der Waals surface area contributed by atoms with Crippen LogP contribution < -0.4 is 0 Å². The molecule has 5 heteroatoms. The summed E-state index contributed by atoms with van der Waals surface area (Å²) in [5, 5.41) is 0.987. The second kappa shape index (κ2) is 5.67. The Bertz CT molecular complexity index is 1240. The third-order valence-corrected chi connectivity index (χ3v) is 6.67. The van der Waals surface area contributed by atoms with E-state index < -0.39 is 0 Å². The van der Waals surface area contributed by atoms with E-state index in [1.54, 1.807) is 13.2 Å². The number of likely N-dealkylation sites (tertiary alicyclic amines) is 1. The number of aromatic amines is 1. The zero-order valence-corrected chi connectivity index (χ0v) is 16.1. The van der Waals surface area contributed by atoms with E-state index in [1.807, 2.05) is 47.4 Å². The van der Waals surface area contributed by atoms with E-state index in [-0.39, 0.29) is 17.1 Å². The van der Waals surface area contributed by atoms with Crippen LogP contribution in [0.1, 0.15) is 38.4 Å². The molecule has 144 valence electrons. The van der Waals surface area contributed by atoms with Crippen molar-refractivity contribution in [2.75, 3.05) is 13.7 Å². The Kier molecular flexibility index (Phi) is 3.28. The smallest absolute Gasteiger partial charge is 0.274 e. The van der Waals surface area contributed by atoms with Crippen LogP contribution in [0.15, 0.2) is 60.3 Å². The summed E-state index contributed by atoms with van der Waals surface area (Å²) in [5.74, 6) is 0.316. The van der Waals surface area contributed by atoms with Crippen LogP contribution in [0, 0.1) is 5.92 Å². The number of ether oxygens (including phenoxy) is 1. The van der Waals surface area contributed by atoms with Gasteiger partial charge < -0.3 is 14.6 Å². The van der Waals surface area contributed by atoms with E-state index in [0.717, 1.165) is 39.7 Å². The van der Waals surface area contributed by atoms with Crippen molar-refractivity contribution in [3.8, 4) is 0 Å². The molecule has 0 bridgehead atoms. The molecule has 2 aromatic carbocycles. The third-order valence-electron chi connectivity index (χ3n) is 6.67. The first-order valence-corrected chi connectivity index (χ1v) is 9.90. The number of carbonyl (C=O) groups excluding carboxylic acids is 2. The lowest BCUT2D eigenvalue weighted by atomic mass is 9.81. The number of hydrogen-bond donors (Lipinski definition) is 1. The number of aromatic nitrogens is 1. The Balaban J connectivity index is 1.38. The number of rotatable bonds is 3. The molecule has 1 amide bonds. The van der Waals surface area contributed by atoms with Gasteiger partial charge in [0.1, 0.15) is 5.69 Å². The molecular weight excluding hydrogens is 364 g/mol. The van der Waals surface area contributed by atoms with E-state index in [1.165, 1.54) is 0 Å². The molecule has 1 saturated heterocycles. The molecule has 6 rings (SSSR count). The van der Waals surface area contributed by atoms with E-state index in [9.17, 15) is 9.59 Å². The van der Waals surface area contributed by atoms with Crippen LogP contribution in [-0.4, -0.2) is 35.2 Å². The van der Waals surface area contributed by atoms with Crippen molar-refractivity contribution in [1.82, 2.24) is 9.88 Å². The van der Waals surface area contributed by atoms with Crippen LogP contribution >= 0.6 is 0 Å². The SMILES string of the molecule is COCc1ccc2[nH]c(C(=O)N3C[C@H]4C[C@@]45C3=CC(=O)c3ccccc35)cc2c1. The van der Waals surface area contributed by atoms with Crippen LogP contribution in [0.3, 0.4) is 0 Å². The zero-order valence-electron chi connectivity index (χ0n) is 16.1. The second-order valence-electron chi connectivity index (χ2n) is 8.27. The summed E-state index contributed by atoms with van der Waals surface area (Å²) in [5.41, 5.74) is 5.13. The first kappa shape index (κ1) is 16.7. The van der Waals surface area contributed by atoms with Gasteiger partial charge in [-0.2, -0.15) is 0 Å². The number of carbonyl (C=O) groups is 2. The minimum atomic E-state index is -0.155. The fourth-order valence-electron chi connectivity index (χ4n) is 5.28. The maximum absolute atomic E-state index is 13.4. The lowest BCUT2D eigenvalue weighted by Gasteiger charge is -2.29. The Hall–Kier alpha value is -3.18. The maximum Gasteiger partial charge on any atom is 0.274 e. The van der Waals surface area contributed by atoms with Crippen LogP contribution in [-0.2, 0) is 16.8 Å². The quantitative estimate of drug-likeness (QED) is 0.747. The average molecular weight is 384 g/mol. The molecule has 3 aliphatic rings. The van der Waals surface area contributed by atoms with Gasteiger partial charge in [-0.3, -0.25) is 9.59 Å². The third kappa shape index (κ3) is 2.19. The molecular formula is C24H20N2O3. The first-order chi connectivity index (χ1) is 14.1. The summed E-state index contributed by atoms with van der Waals surface area (Å²) in [6.07, 6.45) is 2.70. The van der Waals surface area contributed by atoms with Gasteiger partial charge in [-0.25, -0.2) is 0 Å². The van der Waals surface area contributed by atoms with E-state index >= 15 is 0 Å². The monoisotopic (exact) mass is 384 g/mol. The van der Waals surface area contributed by atoms with Crippen LogP contribution in [0.5, 0.6) is 0 Å². The molecule has 1 aromatic heterocycles. The van der Waals surface area contributed by atoms with Crippen molar-refractivity contribution in [2.45, 2.75) is 18.4 Å². The molecule has 2 fully saturated rings. The Morgan fingerprint density at radius 2 is 2.10 bits per heavy atom. The highest BCUT2D eigenvalue weighted by atomic mass is 16.5. The highest BCUT2D eigenvalue weighted by Crippen LogP contribution is 2.66. The Morgan fingerprint density at radius 1 is 1.24 bits per heavy atom. The van der Waals surface area contributed by atoms with Gasteiger partial charge in [0.05, 0.1) is 6.61 Å². The molecule has 2 heterocycles. The fraction of sp³-hybridized carbons (Fsp3) is 0.250. The minimum Gasteiger partial charge on any atom is -0.380 e. The maximum atomic E-state index is 13.4. The van der Waals surface area contributed by atoms with Gasteiger partial charge in [-0.15, -0.1) is 0 Å². The van der Waals surface area contributed by atoms with Gasteiger partial charge in [0.2, 0.25) is 0 Å². The van der Waals surface area contributed by atoms with E-state index in [0.29, 0.717) is 24.8 Å². The Morgan fingerprint density at radius 3 is 2.97 bits per heavy atom. The zero-order chi connectivity index (χ0) is 19.8. The fourth-order valence-corrected chi connectivity index (χ4v) is 5.28. The summed E-state index contributed by atoms with van der Waals surface area (Å²) in [6.45, 7) is 1.20. The lowest BCUT2D eigenvalue weighted by Crippen LogP contribution is -2.33. The number of piperidine rings is 1. The summed E-state index contributed by atoms with van der Waals surface area (Å²) in [6, 6.07) is 15.7. The molecule has 0 radical (unpaired) electrons. The molecule has 1 spiro atoms. The summed E-state index contributed by atoms with van der Waals surface area (Å²) in [7, 11) is 1.67. The van der Waals surface area contributed by atoms with Gasteiger partial charge in [-0.05, 0) is 41.7 Å². The second-order valence-corrected chi connectivity index (χ2v) is 8.27. The molecule has 29 heavy (non-hydrogen) atoms. The predicted molar refractivity (Wildman–Crippen MR) is 109 cm³/mol. The molecule has 0 unspecified atom stereocenters. The number of allylic oxidation sites excluding steroid dienone is 2. The number of H-pyrrole nitrogens is 1. The number of hydrogen-bond acceptors (Lipinski definition) is 3. The number of benzene rings is 2. The van der Waals surface area contributed by atoms with Gasteiger partial charge in [0, 0.05) is 47.3 Å². The Labute approximate surface area is 168 Å². The standard InChI is InChI=1S/C24H20N2O3/c1-29-13-14-6-7-19-15(8-14)9-20(25-19)23(28)26-12-16-11-24(16)18-5-3-2-4-17(18)21(27)10-22(24)26/h2-10,16,25H,11-13H2,1H3/t16-,24-/m1/s1. The topological polar surface area (TPSA) is 62.4 Å². The number of fused-ring (bicyclic) bond motifs is 2. The number of ketones is 1. The molecule has 2 atom stereocenters. The normalized spacial score (nSPS) is 24.2. The van der Waals surface area contributed by atoms with Crippen molar-refractivity contribution in [3.05, 3.63) is 82.7 Å². The number of methoxy groups -OCH3 is 1. The average Bonchev–Trinajstić information content (AvgIpc) is 3.12. The largest absolute Gasteiger partial charge is 0.380 e. The van der Waals surface area contributed by atoms with Crippen molar-refractivity contribution < 1.29 is 14.3 Å². The van der Waals surface area contributed by atoms with E-state index in [2.05, 4.69) is 11.1 Å². The molecule has 5 nitrogen and oxygen atoms in total. The molecule has 3 aromatic rings. The number of nitrogens with one attached hydrogen (secondary N) is 1. The van der Waals surface area contributed by atoms with Crippen LogP contribution in [0.4, 0.5) is 0 Å². The van der Waals surface area contributed by atoms with Crippen molar-refractivity contribution in [1.29, 1.82) is 0 Å². The molecule has 1 aliphatic heterocycles. The van der Waals surface area contributed by atoms with Crippen molar-refractivity contribution in [2.24, 2.45) is 5.92 Å². The highest BCUT2D eigenvalue weighted by Gasteiger charge is 2.67. The minimum absolute atomic E-state index is 0.00701. The van der Waals surface area contributed by atoms with Crippen LogP contribution in [0.2, 0.25) is 0 Å². The molecule has 1 saturated carbocycles. The molecule has 1 N–H and O–H groups in total.